The zero-order valence-electron chi connectivity index (χ0n) is 13.2. The normalized spacial score (nSPS) is 13.8. The smallest absolute Gasteiger partial charge is 0.338 e. The van der Waals surface area contributed by atoms with Gasteiger partial charge in [-0.15, -0.1) is 0 Å². The monoisotopic (exact) mass is 322 g/mol. The van der Waals surface area contributed by atoms with Gasteiger partial charge in [-0.25, -0.2) is 10.2 Å². The minimum atomic E-state index is -0.337. The quantitative estimate of drug-likeness (QED) is 0.861. The molecule has 1 amide bonds. The molecule has 0 saturated heterocycles. The summed E-state index contributed by atoms with van der Waals surface area (Å²) in [7, 11) is 0. The third-order valence-electron chi connectivity index (χ3n) is 3.82. The molecule has 5 nitrogen and oxygen atoms in total. The van der Waals surface area contributed by atoms with E-state index in [4.69, 9.17) is 4.74 Å². The van der Waals surface area contributed by atoms with Crippen LogP contribution in [-0.2, 0) is 16.0 Å². The van der Waals surface area contributed by atoms with Gasteiger partial charge in [0.1, 0.15) is 0 Å². The molecule has 0 saturated carbocycles. The number of esters is 1. The fourth-order valence-electron chi connectivity index (χ4n) is 2.47. The van der Waals surface area contributed by atoms with E-state index >= 15 is 0 Å². The van der Waals surface area contributed by atoms with Crippen LogP contribution >= 0.6 is 0 Å². The molecular formula is C19H18N2O3. The number of carbonyl (C=O) groups excluding carboxylic acids is 2. The van der Waals surface area contributed by atoms with Crippen LogP contribution in [0.25, 0.3) is 0 Å². The lowest BCUT2D eigenvalue weighted by atomic mass is 10.0. The number of benzene rings is 2. The van der Waals surface area contributed by atoms with Gasteiger partial charge in [-0.3, -0.25) is 4.79 Å². The molecule has 2 aromatic carbocycles. The van der Waals surface area contributed by atoms with Gasteiger partial charge in [0.2, 0.25) is 5.91 Å². The standard InChI is InChI=1S/C19H18N2O3/c22-18-11-10-17(20-21-18)15-6-8-16(9-7-15)19(23)24-13-12-14-4-2-1-3-5-14/h1-9H,10-13H2,(H,21,22). The summed E-state index contributed by atoms with van der Waals surface area (Å²) < 4.78 is 5.31. The predicted octanol–water partition coefficient (Wildman–Crippen LogP) is 2.70. The first kappa shape index (κ1) is 15.9. The van der Waals surface area contributed by atoms with Crippen molar-refractivity contribution in [2.45, 2.75) is 19.3 Å². The van der Waals surface area contributed by atoms with Crippen LogP contribution in [0.5, 0.6) is 0 Å². The number of hydrazone groups is 1. The Bertz CT molecular complexity index is 752. The van der Waals surface area contributed by atoms with Crippen molar-refractivity contribution in [3.63, 3.8) is 0 Å². The molecule has 3 rings (SSSR count). The van der Waals surface area contributed by atoms with E-state index in [-0.39, 0.29) is 11.9 Å². The number of nitrogens with one attached hydrogen (secondary N) is 1. The summed E-state index contributed by atoms with van der Waals surface area (Å²) in [6, 6.07) is 17.0. The SMILES string of the molecule is O=C1CCC(c2ccc(C(=O)OCCc3ccccc3)cc2)=NN1. The lowest BCUT2D eigenvalue weighted by Gasteiger charge is -2.12. The molecule has 0 aromatic heterocycles. The van der Waals surface area contributed by atoms with E-state index in [0.29, 0.717) is 31.4 Å². The second kappa shape index (κ2) is 7.55. The zero-order valence-corrected chi connectivity index (χ0v) is 13.2. The molecule has 1 N–H and O–H groups in total. The van der Waals surface area contributed by atoms with E-state index in [1.165, 1.54) is 0 Å². The number of hydrogen-bond acceptors (Lipinski definition) is 4. The third-order valence-corrected chi connectivity index (χ3v) is 3.82. The maximum Gasteiger partial charge on any atom is 0.338 e. The largest absolute Gasteiger partial charge is 0.462 e. The molecule has 2 aromatic rings. The van der Waals surface area contributed by atoms with Gasteiger partial charge in [-0.05, 0) is 23.3 Å². The summed E-state index contributed by atoms with van der Waals surface area (Å²) in [4.78, 5) is 23.2. The number of nitrogens with zero attached hydrogens (tertiary/aromatic N) is 1. The lowest BCUT2D eigenvalue weighted by molar-refractivity contribution is -0.121. The van der Waals surface area contributed by atoms with Crippen LogP contribution in [0.2, 0.25) is 0 Å². The molecule has 0 fully saturated rings. The van der Waals surface area contributed by atoms with Crippen LogP contribution in [0.1, 0.15) is 34.3 Å². The van der Waals surface area contributed by atoms with Crippen LogP contribution in [0.3, 0.4) is 0 Å². The van der Waals surface area contributed by atoms with Crippen molar-refractivity contribution in [1.29, 1.82) is 0 Å². The molecule has 1 aliphatic rings. The molecule has 0 bridgehead atoms. The molecule has 24 heavy (non-hydrogen) atoms. The average molecular weight is 322 g/mol. The fraction of sp³-hybridized carbons (Fsp3) is 0.211. The van der Waals surface area contributed by atoms with E-state index in [0.717, 1.165) is 16.8 Å². The zero-order chi connectivity index (χ0) is 16.8. The Morgan fingerprint density at radius 1 is 1.04 bits per heavy atom. The lowest BCUT2D eigenvalue weighted by Crippen LogP contribution is -2.25. The molecule has 0 atom stereocenters. The summed E-state index contributed by atoms with van der Waals surface area (Å²) >= 11 is 0. The Kier molecular flexibility index (Phi) is 5.01. The van der Waals surface area contributed by atoms with Crippen LogP contribution in [0.4, 0.5) is 0 Å². The minimum absolute atomic E-state index is 0.0719. The van der Waals surface area contributed by atoms with E-state index in [2.05, 4.69) is 10.5 Å². The van der Waals surface area contributed by atoms with Crippen molar-refractivity contribution >= 4 is 17.6 Å². The summed E-state index contributed by atoms with van der Waals surface area (Å²) in [5.74, 6) is -0.409. The van der Waals surface area contributed by atoms with Gasteiger partial charge in [0.05, 0.1) is 17.9 Å². The highest BCUT2D eigenvalue weighted by molar-refractivity contribution is 6.04. The summed E-state index contributed by atoms with van der Waals surface area (Å²) in [6.07, 6.45) is 1.73. The number of hydrogen-bond donors (Lipinski definition) is 1. The van der Waals surface area contributed by atoms with E-state index < -0.39 is 0 Å². The summed E-state index contributed by atoms with van der Waals surface area (Å²) in [6.45, 7) is 0.351. The van der Waals surface area contributed by atoms with Crippen molar-refractivity contribution in [2.24, 2.45) is 5.10 Å². The second-order valence-electron chi connectivity index (χ2n) is 5.54. The number of ether oxygens (including phenoxy) is 1. The summed E-state index contributed by atoms with van der Waals surface area (Å²) in [5, 5.41) is 4.04. The number of carbonyl (C=O) groups is 2. The van der Waals surface area contributed by atoms with Crippen molar-refractivity contribution in [3.8, 4) is 0 Å². The Morgan fingerprint density at radius 2 is 1.79 bits per heavy atom. The third kappa shape index (κ3) is 4.07. The first-order valence-corrected chi connectivity index (χ1v) is 7.89. The average Bonchev–Trinajstić information content (AvgIpc) is 2.63. The predicted molar refractivity (Wildman–Crippen MR) is 90.8 cm³/mol. The fourth-order valence-corrected chi connectivity index (χ4v) is 2.47. The number of rotatable bonds is 5. The summed E-state index contributed by atoms with van der Waals surface area (Å²) in [5.41, 5.74) is 5.83. The van der Waals surface area contributed by atoms with Gasteiger partial charge in [0.25, 0.3) is 0 Å². The minimum Gasteiger partial charge on any atom is -0.462 e. The van der Waals surface area contributed by atoms with E-state index in [1.807, 2.05) is 42.5 Å². The second-order valence-corrected chi connectivity index (χ2v) is 5.54. The molecular weight excluding hydrogens is 304 g/mol. The molecule has 0 spiro atoms. The maximum atomic E-state index is 12.1. The Hall–Kier alpha value is -2.95. The van der Waals surface area contributed by atoms with Crippen LogP contribution in [0, 0.1) is 0 Å². The van der Waals surface area contributed by atoms with Gasteiger partial charge in [-0.2, -0.15) is 5.10 Å². The van der Waals surface area contributed by atoms with Gasteiger partial charge in [0.15, 0.2) is 0 Å². The van der Waals surface area contributed by atoms with E-state index in [1.54, 1.807) is 12.1 Å². The van der Waals surface area contributed by atoms with Gasteiger partial charge in [0, 0.05) is 19.3 Å². The molecule has 1 heterocycles. The topological polar surface area (TPSA) is 67.8 Å². The molecule has 0 unspecified atom stereocenters. The van der Waals surface area contributed by atoms with Gasteiger partial charge >= 0.3 is 5.97 Å². The van der Waals surface area contributed by atoms with Crippen LogP contribution in [-0.4, -0.2) is 24.2 Å². The number of amides is 1. The highest BCUT2D eigenvalue weighted by atomic mass is 16.5. The highest BCUT2D eigenvalue weighted by Gasteiger charge is 2.14. The van der Waals surface area contributed by atoms with Crippen molar-refractivity contribution in [3.05, 3.63) is 71.3 Å². The first-order valence-electron chi connectivity index (χ1n) is 7.89. The Labute approximate surface area is 140 Å². The van der Waals surface area contributed by atoms with Crippen molar-refractivity contribution < 1.29 is 14.3 Å². The Morgan fingerprint density at radius 3 is 2.46 bits per heavy atom. The molecule has 0 radical (unpaired) electrons. The van der Waals surface area contributed by atoms with Crippen molar-refractivity contribution in [2.75, 3.05) is 6.61 Å². The molecule has 122 valence electrons. The molecule has 1 aliphatic heterocycles. The van der Waals surface area contributed by atoms with Crippen molar-refractivity contribution in [1.82, 2.24) is 5.43 Å². The van der Waals surface area contributed by atoms with Crippen LogP contribution < -0.4 is 5.43 Å². The maximum absolute atomic E-state index is 12.1. The highest BCUT2D eigenvalue weighted by Crippen LogP contribution is 2.12. The van der Waals surface area contributed by atoms with Crippen LogP contribution in [0.15, 0.2) is 59.7 Å². The first-order chi connectivity index (χ1) is 11.7. The Balaban J connectivity index is 1.55. The van der Waals surface area contributed by atoms with Gasteiger partial charge < -0.3 is 4.74 Å². The molecule has 0 aliphatic carbocycles. The van der Waals surface area contributed by atoms with Gasteiger partial charge in [-0.1, -0.05) is 42.5 Å². The molecule has 5 heteroatoms. The van der Waals surface area contributed by atoms with E-state index in [9.17, 15) is 9.59 Å².